The summed E-state index contributed by atoms with van der Waals surface area (Å²) in [7, 11) is 1.66. The van der Waals surface area contributed by atoms with Crippen LogP contribution in [0.15, 0.2) is 55.1 Å². The molecule has 3 aromatic heterocycles. The van der Waals surface area contributed by atoms with Crippen molar-refractivity contribution in [2.75, 3.05) is 12.4 Å². The molecule has 0 spiro atoms. The van der Waals surface area contributed by atoms with Crippen molar-refractivity contribution in [1.29, 1.82) is 0 Å². The number of nitrogens with zero attached hydrogens (tertiary/aromatic N) is 4. The lowest BCUT2D eigenvalue weighted by atomic mass is 10.2. The van der Waals surface area contributed by atoms with Gasteiger partial charge in [0.2, 0.25) is 0 Å². The Morgan fingerprint density at radius 1 is 0.962 bits per heavy atom. The van der Waals surface area contributed by atoms with Gasteiger partial charge in [0.15, 0.2) is 5.65 Å². The second-order valence-electron chi connectivity index (χ2n) is 6.03. The van der Waals surface area contributed by atoms with Crippen molar-refractivity contribution in [1.82, 2.24) is 19.5 Å². The molecular weight excluding hydrogens is 326 g/mol. The smallest absolute Gasteiger partial charge is 0.150 e. The zero-order valence-corrected chi connectivity index (χ0v) is 14.9. The number of aromatic nitrogens is 4. The van der Waals surface area contributed by atoms with E-state index in [1.807, 2.05) is 36.4 Å². The Balaban J connectivity index is 1.84. The standard InChI is InChI=1S/C20H19N5O/c1-13-14(2)25(16-8-10-21-11-9-16)20-18(13)19(22-12-23-20)24-15-4-6-17(26-3)7-5-15/h4-12H,1-3H3,(H,22,23,24). The van der Waals surface area contributed by atoms with Gasteiger partial charge in [0.1, 0.15) is 17.9 Å². The van der Waals surface area contributed by atoms with E-state index in [1.54, 1.807) is 25.8 Å². The lowest BCUT2D eigenvalue weighted by Crippen LogP contribution is -1.99. The van der Waals surface area contributed by atoms with E-state index in [4.69, 9.17) is 4.74 Å². The van der Waals surface area contributed by atoms with Gasteiger partial charge in [-0.15, -0.1) is 0 Å². The minimum atomic E-state index is 0.786. The molecule has 0 aliphatic heterocycles. The Hall–Kier alpha value is -3.41. The minimum absolute atomic E-state index is 0.786. The molecule has 4 rings (SSSR count). The molecule has 0 radical (unpaired) electrons. The molecule has 130 valence electrons. The van der Waals surface area contributed by atoms with Gasteiger partial charge in [0.05, 0.1) is 18.2 Å². The molecular formula is C20H19N5O. The Labute approximate surface area is 151 Å². The number of rotatable bonds is 4. The number of fused-ring (bicyclic) bond motifs is 1. The molecule has 0 aliphatic carbocycles. The quantitative estimate of drug-likeness (QED) is 0.601. The van der Waals surface area contributed by atoms with Crippen molar-refractivity contribution in [3.05, 3.63) is 66.4 Å². The Morgan fingerprint density at radius 3 is 2.38 bits per heavy atom. The first-order valence-electron chi connectivity index (χ1n) is 8.33. The molecule has 6 nitrogen and oxygen atoms in total. The lowest BCUT2D eigenvalue weighted by Gasteiger charge is -2.09. The molecule has 0 saturated heterocycles. The minimum Gasteiger partial charge on any atom is -0.497 e. The predicted octanol–water partition coefficient (Wildman–Crippen LogP) is 4.18. The van der Waals surface area contributed by atoms with Crippen LogP contribution in [0, 0.1) is 13.8 Å². The largest absolute Gasteiger partial charge is 0.497 e. The fourth-order valence-corrected chi connectivity index (χ4v) is 3.11. The van der Waals surface area contributed by atoms with Gasteiger partial charge in [-0.05, 0) is 55.8 Å². The van der Waals surface area contributed by atoms with Gasteiger partial charge in [-0.3, -0.25) is 9.55 Å². The van der Waals surface area contributed by atoms with Gasteiger partial charge in [0.25, 0.3) is 0 Å². The molecule has 0 unspecified atom stereocenters. The molecule has 3 heterocycles. The maximum absolute atomic E-state index is 5.21. The topological polar surface area (TPSA) is 64.9 Å². The van der Waals surface area contributed by atoms with Gasteiger partial charge in [-0.1, -0.05) is 0 Å². The number of ether oxygens (including phenoxy) is 1. The maximum Gasteiger partial charge on any atom is 0.150 e. The molecule has 1 N–H and O–H groups in total. The van der Waals surface area contributed by atoms with Gasteiger partial charge in [-0.2, -0.15) is 0 Å². The van der Waals surface area contributed by atoms with Crippen LogP contribution in [-0.2, 0) is 0 Å². The van der Waals surface area contributed by atoms with Gasteiger partial charge < -0.3 is 10.1 Å². The van der Waals surface area contributed by atoms with E-state index < -0.39 is 0 Å². The monoisotopic (exact) mass is 345 g/mol. The van der Waals surface area contributed by atoms with E-state index in [2.05, 4.69) is 38.7 Å². The summed E-state index contributed by atoms with van der Waals surface area (Å²) >= 11 is 0. The van der Waals surface area contributed by atoms with Crippen molar-refractivity contribution in [2.45, 2.75) is 13.8 Å². The molecule has 0 saturated carbocycles. The van der Waals surface area contributed by atoms with Crippen LogP contribution in [0.3, 0.4) is 0 Å². The number of benzene rings is 1. The number of hydrogen-bond acceptors (Lipinski definition) is 5. The van der Waals surface area contributed by atoms with Crippen LogP contribution in [-0.4, -0.2) is 26.6 Å². The number of methoxy groups -OCH3 is 1. The first kappa shape index (κ1) is 16.1. The summed E-state index contributed by atoms with van der Waals surface area (Å²) in [6, 6.07) is 11.7. The summed E-state index contributed by atoms with van der Waals surface area (Å²) in [4.78, 5) is 13.1. The first-order valence-corrected chi connectivity index (χ1v) is 8.33. The van der Waals surface area contributed by atoms with Crippen molar-refractivity contribution in [2.24, 2.45) is 0 Å². The van der Waals surface area contributed by atoms with Crippen LogP contribution in [0.5, 0.6) is 5.75 Å². The van der Waals surface area contributed by atoms with Crippen LogP contribution >= 0.6 is 0 Å². The summed E-state index contributed by atoms with van der Waals surface area (Å²) in [6.45, 7) is 4.19. The third-order valence-corrected chi connectivity index (χ3v) is 4.57. The molecule has 0 atom stereocenters. The highest BCUT2D eigenvalue weighted by Gasteiger charge is 2.17. The van der Waals surface area contributed by atoms with Crippen LogP contribution in [0.25, 0.3) is 16.7 Å². The van der Waals surface area contributed by atoms with Crippen LogP contribution in [0.1, 0.15) is 11.3 Å². The highest BCUT2D eigenvalue weighted by Crippen LogP contribution is 2.32. The van der Waals surface area contributed by atoms with Crippen molar-refractivity contribution < 1.29 is 4.74 Å². The third-order valence-electron chi connectivity index (χ3n) is 4.57. The fraction of sp³-hybridized carbons (Fsp3) is 0.150. The summed E-state index contributed by atoms with van der Waals surface area (Å²) in [6.07, 6.45) is 5.16. The molecule has 4 aromatic rings. The normalized spacial score (nSPS) is 10.9. The van der Waals surface area contributed by atoms with E-state index in [9.17, 15) is 0 Å². The lowest BCUT2D eigenvalue weighted by molar-refractivity contribution is 0.415. The fourth-order valence-electron chi connectivity index (χ4n) is 3.11. The van der Waals surface area contributed by atoms with Crippen LogP contribution < -0.4 is 10.1 Å². The molecule has 0 aliphatic rings. The summed E-state index contributed by atoms with van der Waals surface area (Å²) < 4.78 is 7.35. The number of hydrogen-bond donors (Lipinski definition) is 1. The number of pyridine rings is 1. The van der Waals surface area contributed by atoms with E-state index in [0.29, 0.717) is 0 Å². The van der Waals surface area contributed by atoms with Gasteiger partial charge in [0, 0.05) is 23.8 Å². The van der Waals surface area contributed by atoms with Crippen LogP contribution in [0.2, 0.25) is 0 Å². The van der Waals surface area contributed by atoms with E-state index in [-0.39, 0.29) is 0 Å². The molecule has 0 bridgehead atoms. The van der Waals surface area contributed by atoms with Gasteiger partial charge in [-0.25, -0.2) is 9.97 Å². The van der Waals surface area contributed by atoms with Crippen molar-refractivity contribution in [3.63, 3.8) is 0 Å². The average molecular weight is 345 g/mol. The third kappa shape index (κ3) is 2.65. The Kier molecular flexibility index (Phi) is 4.01. The van der Waals surface area contributed by atoms with Crippen LogP contribution in [0.4, 0.5) is 11.5 Å². The van der Waals surface area contributed by atoms with Crippen molar-refractivity contribution >= 4 is 22.5 Å². The highest BCUT2D eigenvalue weighted by molar-refractivity contribution is 5.94. The second kappa shape index (κ2) is 6.48. The Bertz CT molecular complexity index is 1060. The second-order valence-corrected chi connectivity index (χ2v) is 6.03. The maximum atomic E-state index is 5.21. The molecule has 6 heteroatoms. The van der Waals surface area contributed by atoms with Crippen molar-refractivity contribution in [3.8, 4) is 11.4 Å². The number of nitrogens with one attached hydrogen (secondary N) is 1. The highest BCUT2D eigenvalue weighted by atomic mass is 16.5. The first-order chi connectivity index (χ1) is 12.7. The molecule has 1 aromatic carbocycles. The number of anilines is 2. The number of aryl methyl sites for hydroxylation is 1. The van der Waals surface area contributed by atoms with E-state index >= 15 is 0 Å². The zero-order chi connectivity index (χ0) is 18.1. The predicted molar refractivity (Wildman–Crippen MR) is 102 cm³/mol. The van der Waals surface area contributed by atoms with E-state index in [1.165, 1.54) is 0 Å². The molecule has 0 amide bonds. The van der Waals surface area contributed by atoms with Gasteiger partial charge >= 0.3 is 0 Å². The Morgan fingerprint density at radius 2 is 1.69 bits per heavy atom. The summed E-state index contributed by atoms with van der Waals surface area (Å²) in [5, 5.41) is 4.41. The summed E-state index contributed by atoms with van der Waals surface area (Å²) in [5.41, 5.74) is 5.12. The van der Waals surface area contributed by atoms with E-state index in [0.717, 1.165) is 45.2 Å². The average Bonchev–Trinajstić information content (AvgIpc) is 2.94. The summed E-state index contributed by atoms with van der Waals surface area (Å²) in [5.74, 6) is 1.60. The molecule has 0 fully saturated rings. The zero-order valence-electron chi connectivity index (χ0n) is 14.9. The molecule has 26 heavy (non-hydrogen) atoms. The SMILES string of the molecule is COc1ccc(Nc2ncnc3c2c(C)c(C)n3-c2ccncc2)cc1.